The molecule has 1 saturated carbocycles. The molecule has 0 bridgehead atoms. The zero-order valence-corrected chi connectivity index (χ0v) is 15.9. The van der Waals surface area contributed by atoms with Gasteiger partial charge < -0.3 is 10.1 Å². The molecule has 1 aliphatic rings. The topological polar surface area (TPSA) is 73.2 Å². The van der Waals surface area contributed by atoms with Gasteiger partial charge in [-0.3, -0.25) is 9.59 Å². The van der Waals surface area contributed by atoms with Gasteiger partial charge >= 0.3 is 0 Å². The summed E-state index contributed by atoms with van der Waals surface area (Å²) in [4.78, 5) is 25.6. The molecule has 144 valence electrons. The Balaban J connectivity index is 1.67. The number of amides is 1. The molecule has 28 heavy (non-hydrogen) atoms. The molecule has 0 spiro atoms. The first-order valence-electron chi connectivity index (χ1n) is 9.60. The lowest BCUT2D eigenvalue weighted by molar-refractivity contribution is 0.0947. The van der Waals surface area contributed by atoms with Crippen molar-refractivity contribution in [2.75, 3.05) is 7.11 Å². The number of benzene rings is 2. The number of hydrogen-bond donors (Lipinski definition) is 1. The molecular formula is C22H23N3O3. The van der Waals surface area contributed by atoms with Gasteiger partial charge in [-0.05, 0) is 31.0 Å². The zero-order chi connectivity index (χ0) is 19.5. The van der Waals surface area contributed by atoms with E-state index in [0.717, 1.165) is 31.1 Å². The van der Waals surface area contributed by atoms with Crippen molar-refractivity contribution in [1.82, 2.24) is 15.1 Å². The Kier molecular flexibility index (Phi) is 5.10. The fourth-order valence-corrected chi connectivity index (χ4v) is 3.89. The van der Waals surface area contributed by atoms with E-state index in [1.54, 1.807) is 30.0 Å². The van der Waals surface area contributed by atoms with Gasteiger partial charge in [-0.2, -0.15) is 5.10 Å². The second kappa shape index (κ2) is 7.84. The molecule has 3 aromatic rings. The molecule has 4 rings (SSSR count). The average Bonchev–Trinajstić information content (AvgIpc) is 3.28. The van der Waals surface area contributed by atoms with Crippen molar-refractivity contribution < 1.29 is 9.53 Å². The molecule has 0 radical (unpaired) electrons. The Labute approximate surface area is 163 Å². The lowest BCUT2D eigenvalue weighted by Crippen LogP contribution is -2.30. The summed E-state index contributed by atoms with van der Waals surface area (Å²) >= 11 is 0. The van der Waals surface area contributed by atoms with Crippen LogP contribution in [-0.4, -0.2) is 22.8 Å². The quantitative estimate of drug-likeness (QED) is 0.739. The summed E-state index contributed by atoms with van der Waals surface area (Å²) in [6.07, 6.45) is 4.17. The van der Waals surface area contributed by atoms with Gasteiger partial charge in [-0.1, -0.05) is 43.2 Å². The number of carbonyl (C=O) groups is 1. The van der Waals surface area contributed by atoms with Gasteiger partial charge in [-0.25, -0.2) is 4.68 Å². The third-order valence-corrected chi connectivity index (χ3v) is 5.34. The maximum atomic E-state index is 12.9. The van der Waals surface area contributed by atoms with Gasteiger partial charge in [0.2, 0.25) is 0 Å². The molecule has 1 aliphatic carbocycles. The third kappa shape index (κ3) is 3.38. The first kappa shape index (κ1) is 18.2. The van der Waals surface area contributed by atoms with Gasteiger partial charge in [0.05, 0.1) is 36.3 Å². The Morgan fingerprint density at radius 3 is 2.54 bits per heavy atom. The highest BCUT2D eigenvalue weighted by atomic mass is 16.5. The third-order valence-electron chi connectivity index (χ3n) is 5.34. The molecule has 2 aromatic carbocycles. The second-order valence-electron chi connectivity index (χ2n) is 7.06. The Bertz CT molecular complexity index is 1070. The SMILES string of the molecule is COc1ccccc1C(=O)NCc1nn(C2CCCC2)c(=O)c2ccccc12. The largest absolute Gasteiger partial charge is 0.496 e. The van der Waals surface area contributed by atoms with E-state index in [2.05, 4.69) is 10.4 Å². The van der Waals surface area contributed by atoms with Crippen LogP contribution in [0.1, 0.15) is 47.8 Å². The van der Waals surface area contributed by atoms with Gasteiger partial charge in [0.1, 0.15) is 5.75 Å². The monoisotopic (exact) mass is 377 g/mol. The number of rotatable bonds is 5. The number of aromatic nitrogens is 2. The first-order chi connectivity index (χ1) is 13.7. The summed E-state index contributed by atoms with van der Waals surface area (Å²) in [6, 6.07) is 14.7. The van der Waals surface area contributed by atoms with Crippen molar-refractivity contribution in [3.63, 3.8) is 0 Å². The number of para-hydroxylation sites is 1. The van der Waals surface area contributed by atoms with Crippen LogP contribution in [0.15, 0.2) is 53.3 Å². The van der Waals surface area contributed by atoms with Crippen molar-refractivity contribution in [3.8, 4) is 5.75 Å². The Morgan fingerprint density at radius 1 is 1.11 bits per heavy atom. The summed E-state index contributed by atoms with van der Waals surface area (Å²) in [7, 11) is 1.54. The molecule has 0 aliphatic heterocycles. The van der Waals surface area contributed by atoms with Crippen molar-refractivity contribution in [2.45, 2.75) is 38.3 Å². The normalized spacial score (nSPS) is 14.3. The number of nitrogens with one attached hydrogen (secondary N) is 1. The van der Waals surface area contributed by atoms with Crippen LogP contribution < -0.4 is 15.6 Å². The standard InChI is InChI=1S/C22H23N3O3/c1-28-20-13-7-6-12-18(20)21(26)23-14-19-16-10-4-5-11-17(16)22(27)25(24-19)15-8-2-3-9-15/h4-7,10-13,15H,2-3,8-9,14H2,1H3,(H,23,26). The van der Waals surface area contributed by atoms with E-state index < -0.39 is 0 Å². The van der Waals surface area contributed by atoms with E-state index in [1.807, 2.05) is 30.3 Å². The van der Waals surface area contributed by atoms with Crippen LogP contribution in [0.2, 0.25) is 0 Å². The second-order valence-corrected chi connectivity index (χ2v) is 7.06. The van der Waals surface area contributed by atoms with E-state index >= 15 is 0 Å². The Hall–Kier alpha value is -3.15. The maximum Gasteiger partial charge on any atom is 0.274 e. The van der Waals surface area contributed by atoms with Crippen LogP contribution >= 0.6 is 0 Å². The maximum absolute atomic E-state index is 12.9. The minimum absolute atomic E-state index is 0.0534. The highest BCUT2D eigenvalue weighted by Crippen LogP contribution is 2.28. The molecule has 1 aromatic heterocycles. The summed E-state index contributed by atoms with van der Waals surface area (Å²) in [5, 5.41) is 9.00. The molecular weight excluding hydrogens is 354 g/mol. The van der Waals surface area contributed by atoms with Crippen LogP contribution in [0.25, 0.3) is 10.8 Å². The number of methoxy groups -OCH3 is 1. The number of ether oxygens (including phenoxy) is 1. The van der Waals surface area contributed by atoms with Gasteiger partial charge in [0, 0.05) is 5.39 Å². The van der Waals surface area contributed by atoms with Crippen LogP contribution in [0, 0.1) is 0 Å². The van der Waals surface area contributed by atoms with Crippen LogP contribution in [-0.2, 0) is 6.54 Å². The van der Waals surface area contributed by atoms with Crippen molar-refractivity contribution in [3.05, 3.63) is 70.1 Å². The van der Waals surface area contributed by atoms with Crippen LogP contribution in [0.5, 0.6) is 5.75 Å². The Morgan fingerprint density at radius 2 is 1.79 bits per heavy atom. The lowest BCUT2D eigenvalue weighted by atomic mass is 10.1. The lowest BCUT2D eigenvalue weighted by Gasteiger charge is -2.16. The molecule has 0 unspecified atom stereocenters. The van der Waals surface area contributed by atoms with Crippen LogP contribution in [0.3, 0.4) is 0 Å². The van der Waals surface area contributed by atoms with Gasteiger partial charge in [0.25, 0.3) is 11.5 Å². The van der Waals surface area contributed by atoms with E-state index in [-0.39, 0.29) is 24.1 Å². The molecule has 6 heteroatoms. The van der Waals surface area contributed by atoms with E-state index in [1.165, 1.54) is 0 Å². The first-order valence-corrected chi connectivity index (χ1v) is 9.60. The van der Waals surface area contributed by atoms with Gasteiger partial charge in [-0.15, -0.1) is 0 Å². The number of carbonyl (C=O) groups excluding carboxylic acids is 1. The highest BCUT2D eigenvalue weighted by molar-refractivity contribution is 5.97. The van der Waals surface area contributed by atoms with Crippen LogP contribution in [0.4, 0.5) is 0 Å². The minimum atomic E-state index is -0.234. The van der Waals surface area contributed by atoms with Crippen molar-refractivity contribution >= 4 is 16.7 Å². The molecule has 0 saturated heterocycles. The molecule has 1 N–H and O–H groups in total. The summed E-state index contributed by atoms with van der Waals surface area (Å²) in [5.41, 5.74) is 1.12. The predicted octanol–water partition coefficient (Wildman–Crippen LogP) is 3.45. The van der Waals surface area contributed by atoms with Crippen molar-refractivity contribution in [1.29, 1.82) is 0 Å². The summed E-state index contributed by atoms with van der Waals surface area (Å²) in [6.45, 7) is 0.240. The summed E-state index contributed by atoms with van der Waals surface area (Å²) < 4.78 is 6.89. The number of hydrogen-bond acceptors (Lipinski definition) is 4. The molecule has 1 heterocycles. The van der Waals surface area contributed by atoms with Crippen molar-refractivity contribution in [2.24, 2.45) is 0 Å². The molecule has 1 fully saturated rings. The van der Waals surface area contributed by atoms with E-state index in [9.17, 15) is 9.59 Å². The smallest absolute Gasteiger partial charge is 0.274 e. The molecule has 1 amide bonds. The van der Waals surface area contributed by atoms with E-state index in [4.69, 9.17) is 4.74 Å². The van der Waals surface area contributed by atoms with E-state index in [0.29, 0.717) is 22.4 Å². The fraction of sp³-hybridized carbons (Fsp3) is 0.318. The highest BCUT2D eigenvalue weighted by Gasteiger charge is 2.21. The zero-order valence-electron chi connectivity index (χ0n) is 15.9. The van der Waals surface area contributed by atoms with Gasteiger partial charge in [0.15, 0.2) is 0 Å². The number of fused-ring (bicyclic) bond motifs is 1. The molecule has 6 nitrogen and oxygen atoms in total. The average molecular weight is 377 g/mol. The minimum Gasteiger partial charge on any atom is -0.496 e. The molecule has 0 atom stereocenters. The fourth-order valence-electron chi connectivity index (χ4n) is 3.89. The predicted molar refractivity (Wildman–Crippen MR) is 108 cm³/mol. The summed E-state index contributed by atoms with van der Waals surface area (Å²) in [5.74, 6) is 0.288. The number of nitrogens with zero attached hydrogens (tertiary/aromatic N) is 2.